The Labute approximate surface area is 101 Å². The summed E-state index contributed by atoms with van der Waals surface area (Å²) in [7, 11) is 1.61. The van der Waals surface area contributed by atoms with Crippen LogP contribution in [0.25, 0.3) is 0 Å². The SMILES string of the molecule is CCOC(=O)c1cnn(C(CC)(CC)OC)n1. The Kier molecular flexibility index (Phi) is 4.62. The Balaban J connectivity index is 2.96. The van der Waals surface area contributed by atoms with Gasteiger partial charge in [0.1, 0.15) is 0 Å². The minimum Gasteiger partial charge on any atom is -0.461 e. The third kappa shape index (κ3) is 2.63. The molecule has 0 aromatic carbocycles. The van der Waals surface area contributed by atoms with Gasteiger partial charge in [-0.3, -0.25) is 0 Å². The summed E-state index contributed by atoms with van der Waals surface area (Å²) in [5.74, 6) is -0.462. The number of esters is 1. The predicted molar refractivity (Wildman–Crippen MR) is 61.5 cm³/mol. The molecule has 0 amide bonds. The van der Waals surface area contributed by atoms with Gasteiger partial charge >= 0.3 is 5.97 Å². The van der Waals surface area contributed by atoms with Crippen LogP contribution in [0.1, 0.15) is 44.1 Å². The molecular weight excluding hydrogens is 222 g/mol. The number of aromatic nitrogens is 3. The first-order valence-corrected chi connectivity index (χ1v) is 5.78. The van der Waals surface area contributed by atoms with E-state index in [1.54, 1.807) is 14.0 Å². The molecule has 6 heteroatoms. The van der Waals surface area contributed by atoms with E-state index in [2.05, 4.69) is 10.2 Å². The Morgan fingerprint density at radius 3 is 2.53 bits per heavy atom. The zero-order valence-electron chi connectivity index (χ0n) is 10.8. The molecule has 1 aromatic rings. The summed E-state index contributed by atoms with van der Waals surface area (Å²) in [6.07, 6.45) is 2.84. The van der Waals surface area contributed by atoms with Crippen LogP contribution in [-0.2, 0) is 15.2 Å². The summed E-state index contributed by atoms with van der Waals surface area (Å²) in [6.45, 7) is 6.04. The molecule has 0 atom stereocenters. The van der Waals surface area contributed by atoms with Crippen molar-refractivity contribution in [1.82, 2.24) is 15.0 Å². The predicted octanol–water partition coefficient (Wildman–Crippen LogP) is 1.57. The Morgan fingerprint density at radius 1 is 1.41 bits per heavy atom. The lowest BCUT2D eigenvalue weighted by Gasteiger charge is -2.28. The smallest absolute Gasteiger partial charge is 0.360 e. The van der Waals surface area contributed by atoms with Crippen molar-refractivity contribution in [3.63, 3.8) is 0 Å². The van der Waals surface area contributed by atoms with Crippen LogP contribution in [0.4, 0.5) is 0 Å². The first-order valence-electron chi connectivity index (χ1n) is 5.78. The van der Waals surface area contributed by atoms with Crippen molar-refractivity contribution in [2.75, 3.05) is 13.7 Å². The zero-order chi connectivity index (χ0) is 12.9. The molecule has 0 aliphatic heterocycles. The van der Waals surface area contributed by atoms with Crippen molar-refractivity contribution in [1.29, 1.82) is 0 Å². The van der Waals surface area contributed by atoms with Crippen LogP contribution in [0.3, 0.4) is 0 Å². The molecule has 17 heavy (non-hydrogen) atoms. The van der Waals surface area contributed by atoms with Gasteiger partial charge in [0.05, 0.1) is 12.8 Å². The van der Waals surface area contributed by atoms with Crippen LogP contribution in [0, 0.1) is 0 Å². The molecule has 0 saturated carbocycles. The van der Waals surface area contributed by atoms with Crippen molar-refractivity contribution in [2.24, 2.45) is 0 Å². The summed E-state index contributed by atoms with van der Waals surface area (Å²) >= 11 is 0. The molecule has 0 unspecified atom stereocenters. The first-order chi connectivity index (χ1) is 8.13. The number of hydrogen-bond donors (Lipinski definition) is 0. The fourth-order valence-corrected chi connectivity index (χ4v) is 1.66. The van der Waals surface area contributed by atoms with E-state index < -0.39 is 11.7 Å². The first kappa shape index (κ1) is 13.6. The van der Waals surface area contributed by atoms with Gasteiger partial charge in [0, 0.05) is 7.11 Å². The highest BCUT2D eigenvalue weighted by atomic mass is 16.5. The van der Waals surface area contributed by atoms with Gasteiger partial charge in [0.15, 0.2) is 11.4 Å². The molecule has 96 valence electrons. The van der Waals surface area contributed by atoms with Gasteiger partial charge < -0.3 is 9.47 Å². The summed E-state index contributed by atoms with van der Waals surface area (Å²) in [4.78, 5) is 12.9. The van der Waals surface area contributed by atoms with Gasteiger partial charge in [-0.05, 0) is 19.8 Å². The summed E-state index contributed by atoms with van der Waals surface area (Å²) in [5.41, 5.74) is -0.389. The summed E-state index contributed by atoms with van der Waals surface area (Å²) < 4.78 is 10.3. The van der Waals surface area contributed by atoms with E-state index in [0.717, 1.165) is 12.8 Å². The number of carbonyl (C=O) groups is 1. The maximum absolute atomic E-state index is 11.5. The zero-order valence-corrected chi connectivity index (χ0v) is 10.8. The number of carbonyl (C=O) groups excluding carboxylic acids is 1. The van der Waals surface area contributed by atoms with Crippen LogP contribution in [0.15, 0.2) is 6.20 Å². The number of hydrogen-bond acceptors (Lipinski definition) is 5. The van der Waals surface area contributed by atoms with Gasteiger partial charge in [0.25, 0.3) is 0 Å². The quantitative estimate of drug-likeness (QED) is 0.707. The number of nitrogens with zero attached hydrogens (tertiary/aromatic N) is 3. The molecular formula is C11H19N3O3. The summed E-state index contributed by atoms with van der Waals surface area (Å²) in [6, 6.07) is 0. The van der Waals surface area contributed by atoms with Gasteiger partial charge in [-0.25, -0.2) is 4.79 Å². The van der Waals surface area contributed by atoms with E-state index in [4.69, 9.17) is 9.47 Å². The number of rotatable bonds is 6. The number of methoxy groups -OCH3 is 1. The minimum atomic E-state index is -0.593. The van der Waals surface area contributed by atoms with E-state index in [0.29, 0.717) is 6.61 Å². The number of ether oxygens (including phenoxy) is 2. The van der Waals surface area contributed by atoms with E-state index in [9.17, 15) is 4.79 Å². The Hall–Kier alpha value is -1.43. The van der Waals surface area contributed by atoms with E-state index in [1.165, 1.54) is 11.0 Å². The Morgan fingerprint density at radius 2 is 2.06 bits per heavy atom. The molecule has 0 radical (unpaired) electrons. The molecule has 1 aromatic heterocycles. The fourth-order valence-electron chi connectivity index (χ4n) is 1.66. The molecule has 0 bridgehead atoms. The van der Waals surface area contributed by atoms with E-state index in [-0.39, 0.29) is 5.69 Å². The normalized spacial score (nSPS) is 11.5. The second-order valence-electron chi connectivity index (χ2n) is 3.60. The monoisotopic (exact) mass is 241 g/mol. The van der Waals surface area contributed by atoms with Crippen molar-refractivity contribution in [3.05, 3.63) is 11.9 Å². The molecule has 0 aliphatic carbocycles. The third-order valence-corrected chi connectivity index (χ3v) is 2.83. The lowest BCUT2D eigenvalue weighted by atomic mass is 10.1. The highest BCUT2D eigenvalue weighted by Gasteiger charge is 2.31. The molecule has 1 heterocycles. The van der Waals surface area contributed by atoms with Crippen molar-refractivity contribution in [3.8, 4) is 0 Å². The maximum Gasteiger partial charge on any atom is 0.360 e. The van der Waals surface area contributed by atoms with Crippen LogP contribution in [0.2, 0.25) is 0 Å². The highest BCUT2D eigenvalue weighted by molar-refractivity contribution is 5.86. The second-order valence-corrected chi connectivity index (χ2v) is 3.60. The molecule has 0 aliphatic rings. The minimum absolute atomic E-state index is 0.204. The molecule has 6 nitrogen and oxygen atoms in total. The molecule has 0 N–H and O–H groups in total. The van der Waals surface area contributed by atoms with E-state index >= 15 is 0 Å². The van der Waals surface area contributed by atoms with Crippen molar-refractivity contribution >= 4 is 5.97 Å². The topological polar surface area (TPSA) is 66.2 Å². The highest BCUT2D eigenvalue weighted by Crippen LogP contribution is 2.23. The third-order valence-electron chi connectivity index (χ3n) is 2.83. The summed E-state index contributed by atoms with van der Waals surface area (Å²) in [5, 5.41) is 8.20. The molecule has 0 spiro atoms. The van der Waals surface area contributed by atoms with Gasteiger partial charge in [-0.1, -0.05) is 13.8 Å². The largest absolute Gasteiger partial charge is 0.461 e. The molecule has 0 saturated heterocycles. The fraction of sp³-hybridized carbons (Fsp3) is 0.727. The van der Waals surface area contributed by atoms with Crippen molar-refractivity contribution in [2.45, 2.75) is 39.3 Å². The van der Waals surface area contributed by atoms with Crippen molar-refractivity contribution < 1.29 is 14.3 Å². The van der Waals surface area contributed by atoms with Crippen LogP contribution in [-0.4, -0.2) is 34.7 Å². The molecule has 0 fully saturated rings. The lowest BCUT2D eigenvalue weighted by Crippen LogP contribution is -2.36. The van der Waals surface area contributed by atoms with Crippen LogP contribution < -0.4 is 0 Å². The Bertz CT molecular complexity index is 364. The van der Waals surface area contributed by atoms with Gasteiger partial charge in [0.2, 0.25) is 0 Å². The van der Waals surface area contributed by atoms with Crippen LogP contribution in [0.5, 0.6) is 0 Å². The average molecular weight is 241 g/mol. The lowest BCUT2D eigenvalue weighted by molar-refractivity contribution is -0.104. The van der Waals surface area contributed by atoms with Gasteiger partial charge in [-0.15, -0.1) is 5.10 Å². The average Bonchev–Trinajstić information content (AvgIpc) is 2.83. The standard InChI is InChI=1S/C11H19N3O3/c1-5-11(6-2,16-4)14-12-8-9(13-14)10(15)17-7-3/h8H,5-7H2,1-4H3. The second kappa shape index (κ2) is 5.77. The van der Waals surface area contributed by atoms with Gasteiger partial charge in [-0.2, -0.15) is 9.90 Å². The van der Waals surface area contributed by atoms with Crippen LogP contribution >= 0.6 is 0 Å². The molecule has 1 rings (SSSR count). The maximum atomic E-state index is 11.5. The van der Waals surface area contributed by atoms with E-state index in [1.807, 2.05) is 13.8 Å².